The molecule has 0 unspecified atom stereocenters. The van der Waals surface area contributed by atoms with Crippen molar-refractivity contribution in [3.63, 3.8) is 0 Å². The summed E-state index contributed by atoms with van der Waals surface area (Å²) in [6, 6.07) is 17.4. The zero-order chi connectivity index (χ0) is 16.9. The zero-order valence-electron chi connectivity index (χ0n) is 13.1. The van der Waals surface area contributed by atoms with Gasteiger partial charge in [0.1, 0.15) is 0 Å². The number of carbonyl (C=O) groups is 1. The van der Waals surface area contributed by atoms with Crippen LogP contribution in [0.2, 0.25) is 0 Å². The first-order valence-corrected chi connectivity index (χ1v) is 8.40. The monoisotopic (exact) mass is 338 g/mol. The summed E-state index contributed by atoms with van der Waals surface area (Å²) in [6.45, 7) is 2.02. The highest BCUT2D eigenvalue weighted by Crippen LogP contribution is 2.36. The predicted octanol–water partition coefficient (Wildman–Crippen LogP) is 2.75. The molecule has 0 radical (unpaired) electrons. The van der Waals surface area contributed by atoms with E-state index in [0.29, 0.717) is 11.0 Å². The molecule has 3 aromatic rings. The Kier molecular flexibility index (Phi) is 4.96. The Balaban J connectivity index is 1.80. The van der Waals surface area contributed by atoms with E-state index >= 15 is 0 Å². The molecule has 0 saturated heterocycles. The summed E-state index contributed by atoms with van der Waals surface area (Å²) in [7, 11) is 0. The molecule has 122 valence electrons. The van der Waals surface area contributed by atoms with E-state index in [1.807, 2.05) is 61.5 Å². The second-order valence-corrected chi connectivity index (χ2v) is 6.60. The van der Waals surface area contributed by atoms with E-state index in [1.165, 1.54) is 17.3 Å². The number of nitrogens with one attached hydrogen (secondary N) is 1. The summed E-state index contributed by atoms with van der Waals surface area (Å²) >= 11 is 1.31. The van der Waals surface area contributed by atoms with Crippen LogP contribution in [-0.2, 0) is 4.79 Å². The topological polar surface area (TPSA) is 81.7 Å². The summed E-state index contributed by atoms with van der Waals surface area (Å²) in [5, 5.41) is 18.4. The van der Waals surface area contributed by atoms with Crippen LogP contribution in [0.15, 0.2) is 59.8 Å². The molecule has 0 fully saturated rings. The average Bonchev–Trinajstić information content (AvgIpc) is 3.04. The molecule has 1 aromatic heterocycles. The van der Waals surface area contributed by atoms with Gasteiger partial charge < -0.3 is 9.90 Å². The van der Waals surface area contributed by atoms with Crippen LogP contribution >= 0.6 is 11.8 Å². The number of aromatic nitrogens is 3. The molecule has 24 heavy (non-hydrogen) atoms. The molecule has 0 amide bonds. The molecular formula is C18H16N3O2S-. The molecule has 0 spiro atoms. The molecule has 0 bridgehead atoms. The Morgan fingerprint density at radius 2 is 1.88 bits per heavy atom. The van der Waals surface area contributed by atoms with E-state index in [4.69, 9.17) is 0 Å². The standard InChI is InChI=1S/C18H17N3O2S/c1-12-7-9-14(10-8-12)17-19-18(21-20-17)24-15(11-16(22)23)13-5-3-2-4-6-13/h2-10,15H,11H2,1H3,(H,22,23)(H,19,20,21)/p-1/t15-/m0/s1. The van der Waals surface area contributed by atoms with Gasteiger partial charge in [-0.3, -0.25) is 5.10 Å². The fraction of sp³-hybridized carbons (Fsp3) is 0.167. The van der Waals surface area contributed by atoms with E-state index in [-0.39, 0.29) is 11.7 Å². The van der Waals surface area contributed by atoms with Crippen molar-refractivity contribution in [3.05, 3.63) is 65.7 Å². The normalized spacial score (nSPS) is 12.0. The minimum Gasteiger partial charge on any atom is -0.550 e. The number of rotatable bonds is 6. The maximum absolute atomic E-state index is 11.1. The van der Waals surface area contributed by atoms with Gasteiger partial charge in [0.05, 0.1) is 0 Å². The average molecular weight is 338 g/mol. The Morgan fingerprint density at radius 3 is 2.54 bits per heavy atom. The zero-order valence-corrected chi connectivity index (χ0v) is 13.9. The van der Waals surface area contributed by atoms with E-state index in [0.717, 1.165) is 11.1 Å². The fourth-order valence-corrected chi connectivity index (χ4v) is 3.32. The van der Waals surface area contributed by atoms with Crippen molar-refractivity contribution in [1.29, 1.82) is 0 Å². The van der Waals surface area contributed by atoms with Gasteiger partial charge in [-0.25, -0.2) is 4.98 Å². The van der Waals surface area contributed by atoms with Gasteiger partial charge in [0.15, 0.2) is 5.82 Å². The quantitative estimate of drug-likeness (QED) is 0.699. The molecule has 1 N–H and O–H groups in total. The summed E-state index contributed by atoms with van der Waals surface area (Å²) in [5.74, 6) is -0.427. The smallest absolute Gasteiger partial charge is 0.209 e. The van der Waals surface area contributed by atoms with Gasteiger partial charge in [0.25, 0.3) is 0 Å². The van der Waals surface area contributed by atoms with Crippen LogP contribution in [0, 0.1) is 6.92 Å². The lowest BCUT2D eigenvalue weighted by Crippen LogP contribution is -2.23. The number of nitrogens with zero attached hydrogens (tertiary/aromatic N) is 2. The molecule has 0 saturated carbocycles. The molecule has 5 nitrogen and oxygen atoms in total. The maximum Gasteiger partial charge on any atom is 0.209 e. The number of aliphatic carboxylic acids is 1. The van der Waals surface area contributed by atoms with Crippen LogP contribution in [-0.4, -0.2) is 21.2 Å². The van der Waals surface area contributed by atoms with E-state index in [2.05, 4.69) is 15.2 Å². The molecule has 0 aliphatic rings. The first-order chi connectivity index (χ1) is 11.6. The highest BCUT2D eigenvalue weighted by molar-refractivity contribution is 7.99. The van der Waals surface area contributed by atoms with Crippen LogP contribution < -0.4 is 5.11 Å². The lowest BCUT2D eigenvalue weighted by atomic mass is 10.1. The number of carbonyl (C=O) groups excluding carboxylic acids is 1. The first-order valence-electron chi connectivity index (χ1n) is 7.53. The highest BCUT2D eigenvalue weighted by atomic mass is 32.2. The molecule has 6 heteroatoms. The number of H-pyrrole nitrogens is 1. The number of aromatic amines is 1. The number of hydrogen-bond acceptors (Lipinski definition) is 5. The summed E-state index contributed by atoms with van der Waals surface area (Å²) in [6.07, 6.45) is -0.0942. The number of carboxylic acid groups (broad SMARTS) is 1. The number of thioether (sulfide) groups is 1. The third-order valence-corrected chi connectivity index (χ3v) is 4.68. The van der Waals surface area contributed by atoms with Crippen molar-refractivity contribution in [2.45, 2.75) is 23.8 Å². The lowest BCUT2D eigenvalue weighted by molar-refractivity contribution is -0.305. The first kappa shape index (κ1) is 16.3. The third kappa shape index (κ3) is 4.02. The van der Waals surface area contributed by atoms with Crippen LogP contribution in [0.3, 0.4) is 0 Å². The minimum atomic E-state index is -1.09. The highest BCUT2D eigenvalue weighted by Gasteiger charge is 2.17. The van der Waals surface area contributed by atoms with Gasteiger partial charge in [0.2, 0.25) is 5.16 Å². The summed E-state index contributed by atoms with van der Waals surface area (Å²) in [5.41, 5.74) is 3.02. The number of hydrogen-bond donors (Lipinski definition) is 1. The van der Waals surface area contributed by atoms with Crippen LogP contribution in [0.1, 0.15) is 22.8 Å². The Morgan fingerprint density at radius 1 is 1.17 bits per heavy atom. The predicted molar refractivity (Wildman–Crippen MR) is 91.2 cm³/mol. The van der Waals surface area contributed by atoms with Crippen LogP contribution in [0.4, 0.5) is 0 Å². The number of carboxylic acids is 1. The van der Waals surface area contributed by atoms with Crippen molar-refractivity contribution in [2.75, 3.05) is 0 Å². The summed E-state index contributed by atoms with van der Waals surface area (Å²) in [4.78, 5) is 15.5. The van der Waals surface area contributed by atoms with Crippen molar-refractivity contribution in [2.24, 2.45) is 0 Å². The molecule has 1 heterocycles. The Labute approximate surface area is 144 Å². The fourth-order valence-electron chi connectivity index (χ4n) is 2.31. The molecule has 2 aromatic carbocycles. The second kappa shape index (κ2) is 7.31. The van der Waals surface area contributed by atoms with Gasteiger partial charge >= 0.3 is 0 Å². The molecule has 0 aliphatic carbocycles. The largest absolute Gasteiger partial charge is 0.550 e. The SMILES string of the molecule is Cc1ccc(-c2nc(S[C@@H](CC(=O)[O-])c3ccccc3)n[nH]2)cc1. The van der Waals surface area contributed by atoms with Crippen molar-refractivity contribution >= 4 is 17.7 Å². The molecule has 3 rings (SSSR count). The van der Waals surface area contributed by atoms with Crippen molar-refractivity contribution < 1.29 is 9.90 Å². The maximum atomic E-state index is 11.1. The molecule has 0 aliphatic heterocycles. The second-order valence-electron chi connectivity index (χ2n) is 5.43. The van der Waals surface area contributed by atoms with Crippen LogP contribution in [0.25, 0.3) is 11.4 Å². The van der Waals surface area contributed by atoms with Crippen molar-refractivity contribution in [1.82, 2.24) is 15.2 Å². The third-order valence-electron chi connectivity index (χ3n) is 3.56. The van der Waals surface area contributed by atoms with Gasteiger partial charge in [-0.2, -0.15) is 0 Å². The van der Waals surface area contributed by atoms with Crippen LogP contribution in [0.5, 0.6) is 0 Å². The number of benzene rings is 2. The van der Waals surface area contributed by atoms with Gasteiger partial charge in [-0.15, -0.1) is 5.10 Å². The minimum absolute atomic E-state index is 0.0942. The Hall–Kier alpha value is -2.60. The van der Waals surface area contributed by atoms with E-state index in [9.17, 15) is 9.90 Å². The number of aryl methyl sites for hydroxylation is 1. The van der Waals surface area contributed by atoms with E-state index < -0.39 is 5.97 Å². The summed E-state index contributed by atoms with van der Waals surface area (Å²) < 4.78 is 0. The molecular weight excluding hydrogens is 322 g/mol. The van der Waals surface area contributed by atoms with Gasteiger partial charge in [-0.1, -0.05) is 71.9 Å². The van der Waals surface area contributed by atoms with Gasteiger partial charge in [-0.05, 0) is 12.5 Å². The lowest BCUT2D eigenvalue weighted by Gasteiger charge is -2.15. The van der Waals surface area contributed by atoms with E-state index in [1.54, 1.807) is 0 Å². The van der Waals surface area contributed by atoms with Crippen molar-refractivity contribution in [3.8, 4) is 11.4 Å². The molecule has 1 atom stereocenters. The van der Waals surface area contributed by atoms with Gasteiger partial charge in [0, 0.05) is 23.2 Å². The Bertz CT molecular complexity index is 816.